The van der Waals surface area contributed by atoms with Crippen LogP contribution in [-0.2, 0) is 0 Å². The Kier molecular flexibility index (Phi) is 5.32. The van der Waals surface area contributed by atoms with Gasteiger partial charge in [-0.3, -0.25) is 9.78 Å². The number of carbonyl (C=O) groups excluding carboxylic acids is 1. The molecule has 0 saturated heterocycles. The van der Waals surface area contributed by atoms with Gasteiger partial charge >= 0.3 is 6.18 Å². The lowest BCUT2D eigenvalue weighted by Gasteiger charge is -2.24. The molecule has 1 aromatic carbocycles. The van der Waals surface area contributed by atoms with E-state index in [2.05, 4.69) is 15.3 Å². The lowest BCUT2D eigenvalue weighted by atomic mass is 9.85. The van der Waals surface area contributed by atoms with Gasteiger partial charge in [0.25, 0.3) is 5.91 Å². The molecule has 30 heavy (non-hydrogen) atoms. The number of fused-ring (bicyclic) bond motifs is 1. The highest BCUT2D eigenvalue weighted by Crippen LogP contribution is 2.40. The summed E-state index contributed by atoms with van der Waals surface area (Å²) in [6.45, 7) is 1.76. The molecule has 1 aliphatic rings. The van der Waals surface area contributed by atoms with E-state index >= 15 is 0 Å². The number of hydrogen-bond acceptors (Lipinski definition) is 4. The highest BCUT2D eigenvalue weighted by molar-refractivity contribution is 5.99. The normalized spacial score (nSPS) is 18.1. The summed E-state index contributed by atoms with van der Waals surface area (Å²) in [6, 6.07) is 6.85. The maximum atomic E-state index is 12.9. The van der Waals surface area contributed by atoms with E-state index in [1.165, 1.54) is 18.7 Å². The van der Waals surface area contributed by atoms with E-state index in [-0.39, 0.29) is 18.7 Å². The Morgan fingerprint density at radius 1 is 1.30 bits per heavy atom. The zero-order valence-corrected chi connectivity index (χ0v) is 16.2. The molecule has 8 heteroatoms. The van der Waals surface area contributed by atoms with Crippen LogP contribution >= 0.6 is 0 Å². The van der Waals surface area contributed by atoms with Crippen LogP contribution in [0.2, 0.25) is 0 Å². The Morgan fingerprint density at radius 3 is 2.80 bits per heavy atom. The van der Waals surface area contributed by atoms with Gasteiger partial charge in [0.05, 0.1) is 23.2 Å². The summed E-state index contributed by atoms with van der Waals surface area (Å²) in [4.78, 5) is 21.0. The van der Waals surface area contributed by atoms with Gasteiger partial charge in [-0.1, -0.05) is 24.3 Å². The predicted molar refractivity (Wildman–Crippen MR) is 106 cm³/mol. The van der Waals surface area contributed by atoms with Gasteiger partial charge in [0, 0.05) is 17.1 Å². The summed E-state index contributed by atoms with van der Waals surface area (Å²) in [5.41, 5.74) is 2.73. The number of benzene rings is 1. The first kappa shape index (κ1) is 20.1. The lowest BCUT2D eigenvalue weighted by Crippen LogP contribution is -2.27. The predicted octanol–water partition coefficient (Wildman–Crippen LogP) is 5.46. The van der Waals surface area contributed by atoms with E-state index in [4.69, 9.17) is 4.42 Å². The van der Waals surface area contributed by atoms with Gasteiger partial charge in [-0.25, -0.2) is 4.98 Å². The maximum Gasteiger partial charge on any atom is 0.392 e. The number of para-hydroxylation sites is 1. The average molecular weight is 415 g/mol. The molecule has 0 spiro atoms. The van der Waals surface area contributed by atoms with Crippen molar-refractivity contribution in [1.82, 2.24) is 15.3 Å². The van der Waals surface area contributed by atoms with E-state index in [1.54, 1.807) is 19.1 Å². The van der Waals surface area contributed by atoms with Crippen molar-refractivity contribution in [1.29, 1.82) is 0 Å². The fourth-order valence-corrected chi connectivity index (χ4v) is 3.71. The SMILES string of the molecule is C[C@H](NC(=O)c1cnc2c(C3=CC[C@H](C(F)(F)F)CC3)cccc2c1)c1ncco1. The number of carbonyl (C=O) groups is 1. The third kappa shape index (κ3) is 4.08. The summed E-state index contributed by atoms with van der Waals surface area (Å²) in [5, 5.41) is 3.56. The molecule has 1 amide bonds. The second kappa shape index (κ2) is 7.93. The van der Waals surface area contributed by atoms with Gasteiger partial charge in [0.2, 0.25) is 5.89 Å². The molecular weight excluding hydrogens is 395 g/mol. The topological polar surface area (TPSA) is 68.0 Å². The van der Waals surface area contributed by atoms with Gasteiger partial charge in [-0.05, 0) is 37.8 Å². The summed E-state index contributed by atoms with van der Waals surface area (Å²) in [7, 11) is 0. The lowest BCUT2D eigenvalue weighted by molar-refractivity contribution is -0.175. The highest BCUT2D eigenvalue weighted by Gasteiger charge is 2.39. The molecule has 0 unspecified atom stereocenters. The smallest absolute Gasteiger partial charge is 0.392 e. The van der Waals surface area contributed by atoms with Crippen molar-refractivity contribution in [3.63, 3.8) is 0 Å². The van der Waals surface area contributed by atoms with Crippen LogP contribution in [0.5, 0.6) is 0 Å². The maximum absolute atomic E-state index is 12.9. The quantitative estimate of drug-likeness (QED) is 0.614. The molecule has 0 fully saturated rings. The zero-order valence-electron chi connectivity index (χ0n) is 16.2. The molecule has 2 heterocycles. The van der Waals surface area contributed by atoms with Gasteiger partial charge in [-0.15, -0.1) is 0 Å². The molecule has 2 atom stereocenters. The van der Waals surface area contributed by atoms with E-state index in [1.807, 2.05) is 18.2 Å². The van der Waals surface area contributed by atoms with Crippen LogP contribution in [0.4, 0.5) is 13.2 Å². The monoisotopic (exact) mass is 415 g/mol. The first-order valence-electron chi connectivity index (χ1n) is 9.68. The Hall–Kier alpha value is -3.16. The molecule has 2 aromatic heterocycles. The molecule has 0 bridgehead atoms. The summed E-state index contributed by atoms with van der Waals surface area (Å²) < 4.78 is 44.0. The number of allylic oxidation sites excluding steroid dienone is 2. The van der Waals surface area contributed by atoms with Crippen LogP contribution in [0.3, 0.4) is 0 Å². The third-order valence-electron chi connectivity index (χ3n) is 5.36. The van der Waals surface area contributed by atoms with Crippen LogP contribution in [0.25, 0.3) is 16.5 Å². The van der Waals surface area contributed by atoms with Crippen LogP contribution in [0.15, 0.2) is 53.4 Å². The first-order chi connectivity index (χ1) is 14.3. The molecular formula is C22H20F3N3O2. The van der Waals surface area contributed by atoms with Crippen molar-refractivity contribution < 1.29 is 22.4 Å². The molecule has 0 radical (unpaired) electrons. The second-order valence-electron chi connectivity index (χ2n) is 7.41. The van der Waals surface area contributed by atoms with Gasteiger partial charge in [0.1, 0.15) is 12.3 Å². The van der Waals surface area contributed by atoms with E-state index in [0.717, 1.165) is 16.5 Å². The fraction of sp³-hybridized carbons (Fsp3) is 0.318. The number of alkyl halides is 3. The van der Waals surface area contributed by atoms with Gasteiger partial charge in [-0.2, -0.15) is 13.2 Å². The molecule has 0 saturated carbocycles. The Bertz CT molecular complexity index is 1090. The van der Waals surface area contributed by atoms with Gasteiger partial charge < -0.3 is 9.73 Å². The number of nitrogens with zero attached hydrogens (tertiary/aromatic N) is 2. The molecule has 156 valence electrons. The molecule has 3 aromatic rings. The third-order valence-corrected chi connectivity index (χ3v) is 5.36. The molecule has 4 rings (SSSR count). The van der Waals surface area contributed by atoms with Crippen molar-refractivity contribution in [3.05, 3.63) is 66.0 Å². The van der Waals surface area contributed by atoms with E-state index < -0.39 is 18.1 Å². The van der Waals surface area contributed by atoms with Crippen LogP contribution in [0, 0.1) is 5.92 Å². The van der Waals surface area contributed by atoms with Crippen LogP contribution in [-0.4, -0.2) is 22.1 Å². The van der Waals surface area contributed by atoms with Crippen molar-refractivity contribution in [2.45, 2.75) is 38.4 Å². The Morgan fingerprint density at radius 2 is 2.13 bits per heavy atom. The number of pyridine rings is 1. The number of halogens is 3. The minimum Gasteiger partial charge on any atom is -0.447 e. The Balaban J connectivity index is 1.57. The first-order valence-corrected chi connectivity index (χ1v) is 9.68. The van der Waals surface area contributed by atoms with Crippen LogP contribution < -0.4 is 5.32 Å². The number of rotatable bonds is 4. The standard InChI is InChI=1S/C22H20F3N3O2/c1-13(21-26-9-10-30-21)28-20(29)16-11-15-3-2-4-18(19(15)27-12-16)14-5-7-17(8-6-14)22(23,24)25/h2-5,9-13,17H,6-8H2,1H3,(H,28,29)/t13-,17-/m0/s1. The number of nitrogens with one attached hydrogen (secondary N) is 1. The number of aromatic nitrogens is 2. The van der Waals surface area contributed by atoms with E-state index in [0.29, 0.717) is 23.4 Å². The van der Waals surface area contributed by atoms with Crippen LogP contribution in [0.1, 0.15) is 54.0 Å². The van der Waals surface area contributed by atoms with Gasteiger partial charge in [0.15, 0.2) is 0 Å². The molecule has 1 N–H and O–H groups in total. The highest BCUT2D eigenvalue weighted by atomic mass is 19.4. The minimum atomic E-state index is -4.16. The molecule has 1 aliphatic carbocycles. The number of oxazole rings is 1. The van der Waals surface area contributed by atoms with Crippen molar-refractivity contribution in [3.8, 4) is 0 Å². The summed E-state index contributed by atoms with van der Waals surface area (Å²) >= 11 is 0. The van der Waals surface area contributed by atoms with Crippen molar-refractivity contribution >= 4 is 22.4 Å². The van der Waals surface area contributed by atoms with E-state index in [9.17, 15) is 18.0 Å². The average Bonchev–Trinajstić information content (AvgIpc) is 3.27. The number of amides is 1. The van der Waals surface area contributed by atoms with Crippen molar-refractivity contribution in [2.75, 3.05) is 0 Å². The minimum absolute atomic E-state index is 0.0194. The van der Waals surface area contributed by atoms with Crippen molar-refractivity contribution in [2.24, 2.45) is 5.92 Å². The summed E-state index contributed by atoms with van der Waals surface area (Å²) in [5.74, 6) is -1.20. The molecule has 5 nitrogen and oxygen atoms in total. The Labute approximate surface area is 171 Å². The number of hydrogen-bond donors (Lipinski definition) is 1. The molecule has 0 aliphatic heterocycles. The fourth-order valence-electron chi connectivity index (χ4n) is 3.71. The summed E-state index contributed by atoms with van der Waals surface area (Å²) in [6.07, 6.45) is 2.33. The second-order valence-corrected chi connectivity index (χ2v) is 7.41. The zero-order chi connectivity index (χ0) is 21.3. The largest absolute Gasteiger partial charge is 0.447 e.